The van der Waals surface area contributed by atoms with Gasteiger partial charge in [-0.1, -0.05) is 6.07 Å². The first-order chi connectivity index (χ1) is 8.99. The number of thiophene rings is 1. The molecule has 2 N–H and O–H groups in total. The number of aromatic carboxylic acids is 1. The maximum atomic E-state index is 12.0. The summed E-state index contributed by atoms with van der Waals surface area (Å²) < 4.78 is 0. The zero-order valence-corrected chi connectivity index (χ0v) is 11.2. The Bertz CT molecular complexity index is 649. The fraction of sp³-hybridized carbons (Fsp3) is 0.154. The average Bonchev–Trinajstić information content (AvgIpc) is 2.70. The molecule has 19 heavy (non-hydrogen) atoms. The Morgan fingerprint density at radius 1 is 1.32 bits per heavy atom. The molecule has 2 aromatic rings. The van der Waals surface area contributed by atoms with E-state index < -0.39 is 5.97 Å². The van der Waals surface area contributed by atoms with E-state index >= 15 is 0 Å². The second-order valence-corrected chi connectivity index (χ2v) is 5.10. The topological polar surface area (TPSA) is 79.3 Å². The molecule has 0 unspecified atom stereocenters. The highest BCUT2D eigenvalue weighted by atomic mass is 32.1. The Labute approximate surface area is 113 Å². The highest BCUT2D eigenvalue weighted by Gasteiger charge is 2.15. The number of nitrogens with one attached hydrogen (secondary N) is 1. The van der Waals surface area contributed by atoms with Gasteiger partial charge in [-0.05, 0) is 37.1 Å². The quantitative estimate of drug-likeness (QED) is 0.903. The Kier molecular flexibility index (Phi) is 3.62. The highest BCUT2D eigenvalue weighted by molar-refractivity contribution is 7.18. The number of hydrogen-bond acceptors (Lipinski definition) is 4. The third-order valence-corrected chi connectivity index (χ3v) is 3.71. The van der Waals surface area contributed by atoms with E-state index in [0.29, 0.717) is 16.3 Å². The third kappa shape index (κ3) is 2.79. The number of carbonyl (C=O) groups is 2. The van der Waals surface area contributed by atoms with Crippen LogP contribution in [-0.2, 0) is 0 Å². The first kappa shape index (κ1) is 13.2. The molecule has 2 rings (SSSR count). The lowest BCUT2D eigenvalue weighted by atomic mass is 10.2. The molecule has 0 fully saturated rings. The first-order valence-electron chi connectivity index (χ1n) is 5.55. The van der Waals surface area contributed by atoms with Gasteiger partial charge in [-0.25, -0.2) is 4.79 Å². The fourth-order valence-electron chi connectivity index (χ4n) is 1.65. The van der Waals surface area contributed by atoms with Crippen LogP contribution >= 0.6 is 11.3 Å². The van der Waals surface area contributed by atoms with E-state index in [0.717, 1.165) is 16.9 Å². The zero-order chi connectivity index (χ0) is 14.0. The molecule has 0 saturated carbocycles. The number of nitrogens with zero attached hydrogens (tertiary/aromatic N) is 1. The van der Waals surface area contributed by atoms with Gasteiger partial charge in [-0.2, -0.15) is 0 Å². The predicted octanol–water partition coefficient (Wildman–Crippen LogP) is 2.71. The van der Waals surface area contributed by atoms with Crippen molar-refractivity contribution in [3.8, 4) is 0 Å². The molecule has 2 heterocycles. The molecule has 2 aromatic heterocycles. The number of pyridine rings is 1. The van der Waals surface area contributed by atoms with Crippen molar-refractivity contribution >= 4 is 28.2 Å². The molecule has 6 heteroatoms. The van der Waals surface area contributed by atoms with Crippen molar-refractivity contribution in [1.82, 2.24) is 4.98 Å². The minimum absolute atomic E-state index is 0.230. The second-order valence-electron chi connectivity index (χ2n) is 4.05. The number of aryl methyl sites for hydroxylation is 2. The number of carboxylic acid groups (broad SMARTS) is 1. The van der Waals surface area contributed by atoms with Gasteiger partial charge in [0.05, 0.1) is 5.00 Å². The number of anilines is 1. The summed E-state index contributed by atoms with van der Waals surface area (Å²) in [5, 5.41) is 12.1. The summed E-state index contributed by atoms with van der Waals surface area (Å²) in [7, 11) is 0. The van der Waals surface area contributed by atoms with Crippen molar-refractivity contribution in [1.29, 1.82) is 0 Å². The van der Waals surface area contributed by atoms with Crippen molar-refractivity contribution < 1.29 is 14.7 Å². The first-order valence-corrected chi connectivity index (χ1v) is 6.37. The lowest BCUT2D eigenvalue weighted by molar-refractivity contribution is 0.0701. The van der Waals surface area contributed by atoms with Gasteiger partial charge in [-0.3, -0.25) is 9.78 Å². The molecule has 98 valence electrons. The number of rotatable bonds is 3. The van der Waals surface area contributed by atoms with Crippen molar-refractivity contribution in [3.63, 3.8) is 0 Å². The Morgan fingerprint density at radius 3 is 2.63 bits per heavy atom. The Hall–Kier alpha value is -2.21. The van der Waals surface area contributed by atoms with Gasteiger partial charge in [0.15, 0.2) is 0 Å². The van der Waals surface area contributed by atoms with E-state index in [-0.39, 0.29) is 10.8 Å². The highest BCUT2D eigenvalue weighted by Crippen LogP contribution is 2.27. The van der Waals surface area contributed by atoms with Crippen LogP contribution in [0.4, 0.5) is 5.00 Å². The third-order valence-electron chi connectivity index (χ3n) is 2.57. The van der Waals surface area contributed by atoms with Gasteiger partial charge >= 0.3 is 5.97 Å². The Balaban J connectivity index is 2.22. The summed E-state index contributed by atoms with van der Waals surface area (Å²) in [5.41, 5.74) is 1.74. The minimum atomic E-state index is -0.989. The van der Waals surface area contributed by atoms with Crippen LogP contribution in [0.25, 0.3) is 0 Å². The second kappa shape index (κ2) is 5.19. The SMILES string of the molecule is Cc1cccnc1C(=O)Nc1cc(C)c(C(=O)O)s1. The fourth-order valence-corrected chi connectivity index (χ4v) is 2.56. The van der Waals surface area contributed by atoms with E-state index in [9.17, 15) is 9.59 Å². The smallest absolute Gasteiger partial charge is 0.346 e. The standard InChI is InChI=1S/C13H12N2O3S/c1-7-4-3-5-14-10(7)12(16)15-9-6-8(2)11(19-9)13(17)18/h3-6H,1-2H3,(H,15,16)(H,17,18). The largest absolute Gasteiger partial charge is 0.477 e. The van der Waals surface area contributed by atoms with Crippen molar-refractivity contribution in [3.05, 3.63) is 46.1 Å². The molecule has 0 spiro atoms. The zero-order valence-electron chi connectivity index (χ0n) is 10.4. The molecule has 1 amide bonds. The maximum absolute atomic E-state index is 12.0. The van der Waals surface area contributed by atoms with Crippen LogP contribution in [0.5, 0.6) is 0 Å². The van der Waals surface area contributed by atoms with Crippen LogP contribution in [0.2, 0.25) is 0 Å². The van der Waals surface area contributed by atoms with E-state index in [1.165, 1.54) is 0 Å². The van der Waals surface area contributed by atoms with Gasteiger partial charge in [-0.15, -0.1) is 11.3 Å². The van der Waals surface area contributed by atoms with Crippen molar-refractivity contribution in [2.24, 2.45) is 0 Å². The summed E-state index contributed by atoms with van der Waals surface area (Å²) >= 11 is 1.04. The number of amides is 1. The van der Waals surface area contributed by atoms with Gasteiger partial charge in [0.2, 0.25) is 0 Å². The van der Waals surface area contributed by atoms with Crippen LogP contribution in [0.3, 0.4) is 0 Å². The summed E-state index contributed by atoms with van der Waals surface area (Å²) in [6.45, 7) is 3.49. The number of carbonyl (C=O) groups excluding carboxylic acids is 1. The van der Waals surface area contributed by atoms with Crippen LogP contribution in [0, 0.1) is 13.8 Å². The lowest BCUT2D eigenvalue weighted by Crippen LogP contribution is -2.14. The van der Waals surface area contributed by atoms with E-state index in [1.807, 2.05) is 0 Å². The normalized spacial score (nSPS) is 10.2. The van der Waals surface area contributed by atoms with Gasteiger partial charge in [0.25, 0.3) is 5.91 Å². The predicted molar refractivity (Wildman–Crippen MR) is 72.9 cm³/mol. The van der Waals surface area contributed by atoms with Gasteiger partial charge in [0.1, 0.15) is 10.6 Å². The maximum Gasteiger partial charge on any atom is 0.346 e. The Morgan fingerprint density at radius 2 is 2.05 bits per heavy atom. The molecule has 5 nitrogen and oxygen atoms in total. The summed E-state index contributed by atoms with van der Waals surface area (Å²) in [6.07, 6.45) is 1.55. The molecule has 0 atom stereocenters. The average molecular weight is 276 g/mol. The van der Waals surface area contributed by atoms with E-state index in [4.69, 9.17) is 5.11 Å². The minimum Gasteiger partial charge on any atom is -0.477 e. The van der Waals surface area contributed by atoms with Gasteiger partial charge in [0, 0.05) is 6.20 Å². The molecule has 0 radical (unpaired) electrons. The number of aromatic nitrogens is 1. The van der Waals surface area contributed by atoms with E-state index in [1.54, 1.807) is 38.2 Å². The van der Waals surface area contributed by atoms with Gasteiger partial charge < -0.3 is 10.4 Å². The molecule has 0 aliphatic heterocycles. The monoisotopic (exact) mass is 276 g/mol. The van der Waals surface area contributed by atoms with Crippen molar-refractivity contribution in [2.45, 2.75) is 13.8 Å². The molecular weight excluding hydrogens is 264 g/mol. The number of hydrogen-bond donors (Lipinski definition) is 2. The molecule has 0 aromatic carbocycles. The van der Waals surface area contributed by atoms with Crippen LogP contribution in [0.15, 0.2) is 24.4 Å². The summed E-state index contributed by atoms with van der Waals surface area (Å²) in [6, 6.07) is 5.19. The van der Waals surface area contributed by atoms with Crippen LogP contribution in [-0.4, -0.2) is 22.0 Å². The molecule has 0 aliphatic carbocycles. The summed E-state index contributed by atoms with van der Waals surface area (Å²) in [4.78, 5) is 27.2. The lowest BCUT2D eigenvalue weighted by Gasteiger charge is -2.03. The van der Waals surface area contributed by atoms with Crippen LogP contribution in [0.1, 0.15) is 31.3 Å². The van der Waals surface area contributed by atoms with Crippen LogP contribution < -0.4 is 5.32 Å². The summed E-state index contributed by atoms with van der Waals surface area (Å²) in [5.74, 6) is -1.33. The molecule has 0 aliphatic rings. The number of carboxylic acids is 1. The van der Waals surface area contributed by atoms with E-state index in [2.05, 4.69) is 10.3 Å². The van der Waals surface area contributed by atoms with Crippen molar-refractivity contribution in [2.75, 3.05) is 5.32 Å². The molecule has 0 bridgehead atoms. The molecule has 0 saturated heterocycles. The molecular formula is C13H12N2O3S.